The highest BCUT2D eigenvalue weighted by molar-refractivity contribution is 6.04. The number of anilines is 4. The summed E-state index contributed by atoms with van der Waals surface area (Å²) in [4.78, 5) is 53.4. The number of amides is 3. The maximum atomic E-state index is 13.4. The van der Waals surface area contributed by atoms with Gasteiger partial charge in [0.25, 0.3) is 5.91 Å². The molecule has 1 aromatic heterocycles. The molecule has 3 amide bonds. The van der Waals surface area contributed by atoms with Crippen LogP contribution < -0.4 is 20.4 Å². The molecule has 3 N–H and O–H groups in total. The minimum absolute atomic E-state index is 0.000923. The summed E-state index contributed by atoms with van der Waals surface area (Å²) in [6, 6.07) is 11.7. The van der Waals surface area contributed by atoms with Crippen LogP contribution in [0.5, 0.6) is 0 Å². The van der Waals surface area contributed by atoms with E-state index in [-0.39, 0.29) is 23.9 Å². The zero-order valence-electron chi connectivity index (χ0n) is 28.3. The number of carbonyl (C=O) groups excluding carboxylic acids is 2. The minimum atomic E-state index is -0.910. The Labute approximate surface area is 283 Å². The summed E-state index contributed by atoms with van der Waals surface area (Å²) in [6.07, 6.45) is 7.47. The summed E-state index contributed by atoms with van der Waals surface area (Å²) < 4.78 is 0. The molecule has 48 heavy (non-hydrogen) atoms. The maximum Gasteiger partial charge on any atom is 0.407 e. The Morgan fingerprint density at radius 1 is 0.896 bits per heavy atom. The van der Waals surface area contributed by atoms with Crippen molar-refractivity contribution in [2.45, 2.75) is 82.5 Å². The molecule has 4 heterocycles. The van der Waals surface area contributed by atoms with E-state index in [0.717, 1.165) is 43.0 Å². The fourth-order valence-corrected chi connectivity index (χ4v) is 8.21. The Kier molecular flexibility index (Phi) is 9.46. The number of fused-ring (bicyclic) bond motifs is 1. The van der Waals surface area contributed by atoms with Crippen molar-refractivity contribution in [2.75, 3.05) is 68.0 Å². The highest BCUT2D eigenvalue weighted by atomic mass is 16.4. The third-order valence-corrected chi connectivity index (χ3v) is 11.3. The van der Waals surface area contributed by atoms with E-state index in [2.05, 4.69) is 25.3 Å². The van der Waals surface area contributed by atoms with Crippen molar-refractivity contribution in [3.05, 3.63) is 42.0 Å². The largest absolute Gasteiger partial charge is 0.465 e. The summed E-state index contributed by atoms with van der Waals surface area (Å²) in [5.74, 6) is 2.20. The van der Waals surface area contributed by atoms with Crippen LogP contribution in [0.3, 0.4) is 0 Å². The lowest BCUT2D eigenvalue weighted by Crippen LogP contribution is -2.57. The maximum absolute atomic E-state index is 13.4. The lowest BCUT2D eigenvalue weighted by molar-refractivity contribution is -0.119. The molecule has 2 aromatic rings. The van der Waals surface area contributed by atoms with Gasteiger partial charge < -0.3 is 35.3 Å². The highest BCUT2D eigenvalue weighted by Gasteiger charge is 2.40. The van der Waals surface area contributed by atoms with Crippen molar-refractivity contribution in [2.24, 2.45) is 5.92 Å². The number of rotatable bonds is 8. The standard InChI is InChI=1S/C36H50N8O4/c1-24-35(46)40(2)31-12-13-32(39-33(31)44(24)30-14-16-43(17-15-30)36(47)48)37-28-5-3-4-26(22-28)34(45)38-27-8-10-29(11-9-27)42-20-18-41(19-21-42)23-25-6-7-25/h3-5,12-13,22,24-25,27,29-30H,6-11,14-21,23H2,1-2H3,(H,37,39)(H,38,45)(H,47,48)/t24-,27-,29-/m1/s1. The number of piperazine rings is 1. The number of likely N-dealkylation sites (N-methyl/N-ethyl adjacent to an activating group) is 1. The molecule has 0 spiro atoms. The first-order chi connectivity index (χ1) is 23.2. The van der Waals surface area contributed by atoms with Gasteiger partial charge in [0.2, 0.25) is 5.91 Å². The number of hydrogen-bond donors (Lipinski definition) is 3. The van der Waals surface area contributed by atoms with E-state index in [9.17, 15) is 19.5 Å². The molecule has 2 saturated carbocycles. The molecule has 0 radical (unpaired) electrons. The fourth-order valence-electron chi connectivity index (χ4n) is 8.21. The Balaban J connectivity index is 0.959. The minimum Gasteiger partial charge on any atom is -0.465 e. The van der Waals surface area contributed by atoms with Crippen molar-refractivity contribution in [3.63, 3.8) is 0 Å². The van der Waals surface area contributed by atoms with Gasteiger partial charge >= 0.3 is 6.09 Å². The van der Waals surface area contributed by atoms with Crippen molar-refractivity contribution >= 4 is 40.9 Å². The molecular weight excluding hydrogens is 608 g/mol. The number of pyridine rings is 1. The molecule has 1 aromatic carbocycles. The van der Waals surface area contributed by atoms with Crippen LogP contribution in [0.4, 0.5) is 27.8 Å². The van der Waals surface area contributed by atoms with Gasteiger partial charge in [-0.1, -0.05) is 6.07 Å². The zero-order valence-corrected chi connectivity index (χ0v) is 28.3. The third-order valence-electron chi connectivity index (χ3n) is 11.3. The van der Waals surface area contributed by atoms with Gasteiger partial charge in [-0.25, -0.2) is 9.78 Å². The SMILES string of the molecule is C[C@@H]1C(=O)N(C)c2ccc(Nc3cccc(C(=O)N[C@H]4CC[C@H](N5CCN(CC6CC6)CC5)CC4)c3)nc2N1C1CCN(C(=O)O)CC1. The van der Waals surface area contributed by atoms with Crippen molar-refractivity contribution in [1.29, 1.82) is 0 Å². The van der Waals surface area contributed by atoms with Crippen LogP contribution in [0, 0.1) is 5.92 Å². The van der Waals surface area contributed by atoms with E-state index in [1.807, 2.05) is 43.3 Å². The molecule has 0 bridgehead atoms. The van der Waals surface area contributed by atoms with Gasteiger partial charge in [0.15, 0.2) is 5.82 Å². The smallest absolute Gasteiger partial charge is 0.407 e. The number of likely N-dealkylation sites (tertiary alicyclic amines) is 1. The highest BCUT2D eigenvalue weighted by Crippen LogP contribution is 2.38. The van der Waals surface area contributed by atoms with Crippen molar-refractivity contribution in [1.82, 2.24) is 25.0 Å². The van der Waals surface area contributed by atoms with E-state index in [4.69, 9.17) is 4.98 Å². The monoisotopic (exact) mass is 658 g/mol. The van der Waals surface area contributed by atoms with Gasteiger partial charge in [-0.15, -0.1) is 0 Å². The summed E-state index contributed by atoms with van der Waals surface area (Å²) in [6.45, 7) is 8.76. The molecule has 4 fully saturated rings. The Morgan fingerprint density at radius 3 is 2.31 bits per heavy atom. The summed E-state index contributed by atoms with van der Waals surface area (Å²) in [5.41, 5.74) is 2.09. The molecule has 12 heteroatoms. The molecule has 1 atom stereocenters. The first-order valence-corrected chi connectivity index (χ1v) is 17.9. The zero-order chi connectivity index (χ0) is 33.4. The van der Waals surface area contributed by atoms with Crippen LogP contribution in [0.25, 0.3) is 0 Å². The van der Waals surface area contributed by atoms with Crippen molar-refractivity contribution < 1.29 is 19.5 Å². The molecule has 5 aliphatic rings. The van der Waals surface area contributed by atoms with Crippen LogP contribution in [-0.2, 0) is 4.79 Å². The number of hydrogen-bond acceptors (Lipinski definition) is 8. The van der Waals surface area contributed by atoms with E-state index in [1.165, 1.54) is 50.5 Å². The van der Waals surface area contributed by atoms with Gasteiger partial charge in [0.05, 0.1) is 5.69 Å². The second-order valence-electron chi connectivity index (χ2n) is 14.5. The Bertz CT molecular complexity index is 1490. The summed E-state index contributed by atoms with van der Waals surface area (Å²) in [7, 11) is 1.77. The lowest BCUT2D eigenvalue weighted by Gasteiger charge is -2.45. The molecule has 3 aliphatic heterocycles. The fraction of sp³-hybridized carbons (Fsp3) is 0.611. The van der Waals surface area contributed by atoms with Gasteiger partial charge in [0, 0.05) is 82.2 Å². The van der Waals surface area contributed by atoms with Gasteiger partial charge in [-0.3, -0.25) is 14.5 Å². The molecule has 0 unspecified atom stereocenters. The predicted octanol–water partition coefficient (Wildman–Crippen LogP) is 4.21. The molecule has 7 rings (SSSR count). The van der Waals surface area contributed by atoms with Crippen LogP contribution in [0.1, 0.15) is 68.6 Å². The van der Waals surface area contributed by atoms with E-state index in [1.54, 1.807) is 11.9 Å². The molecule has 12 nitrogen and oxygen atoms in total. The third kappa shape index (κ3) is 7.10. The molecule has 258 valence electrons. The average molecular weight is 659 g/mol. The topological polar surface area (TPSA) is 125 Å². The number of carbonyl (C=O) groups is 3. The van der Waals surface area contributed by atoms with Crippen molar-refractivity contribution in [3.8, 4) is 0 Å². The molecule has 2 saturated heterocycles. The number of benzene rings is 1. The number of carboxylic acid groups (broad SMARTS) is 1. The number of nitrogens with one attached hydrogen (secondary N) is 2. The van der Waals surface area contributed by atoms with Crippen LogP contribution in [-0.4, -0.2) is 120 Å². The van der Waals surface area contributed by atoms with E-state index < -0.39 is 12.1 Å². The molecule has 2 aliphatic carbocycles. The second kappa shape index (κ2) is 13.9. The number of piperidine rings is 1. The van der Waals surface area contributed by atoms with Gasteiger partial charge in [0.1, 0.15) is 11.9 Å². The van der Waals surface area contributed by atoms with Gasteiger partial charge in [-0.2, -0.15) is 0 Å². The first-order valence-electron chi connectivity index (χ1n) is 17.9. The normalized spacial score (nSPS) is 25.9. The lowest BCUT2D eigenvalue weighted by atomic mass is 9.89. The quantitative estimate of drug-likeness (QED) is 0.383. The Morgan fingerprint density at radius 2 is 1.62 bits per heavy atom. The summed E-state index contributed by atoms with van der Waals surface area (Å²) >= 11 is 0. The summed E-state index contributed by atoms with van der Waals surface area (Å²) in [5, 5.41) is 16.1. The van der Waals surface area contributed by atoms with Gasteiger partial charge in [-0.05, 0) is 94.5 Å². The van der Waals surface area contributed by atoms with Crippen LogP contribution in [0.15, 0.2) is 36.4 Å². The molecular formula is C36H50N8O4. The van der Waals surface area contributed by atoms with Crippen LogP contribution >= 0.6 is 0 Å². The predicted molar refractivity (Wildman–Crippen MR) is 186 cm³/mol. The number of aromatic nitrogens is 1. The van der Waals surface area contributed by atoms with E-state index >= 15 is 0 Å². The Hall–Kier alpha value is -3.90. The van der Waals surface area contributed by atoms with Crippen LogP contribution in [0.2, 0.25) is 0 Å². The second-order valence-corrected chi connectivity index (χ2v) is 14.5. The average Bonchev–Trinajstić information content (AvgIpc) is 3.92. The van der Waals surface area contributed by atoms with E-state index in [0.29, 0.717) is 49.2 Å². The number of nitrogens with zero attached hydrogens (tertiary/aromatic N) is 6. The first kappa shape index (κ1) is 32.6.